The quantitative estimate of drug-likeness (QED) is 0.557. The highest BCUT2D eigenvalue weighted by molar-refractivity contribution is 6.12. The first kappa shape index (κ1) is 13.9. The molecule has 2 heterocycles. The molecule has 2 aromatic heterocycles. The Bertz CT molecular complexity index is 776. The Morgan fingerprint density at radius 2 is 1.91 bits per heavy atom. The normalized spacial score (nSPS) is 10.5. The fraction of sp³-hybridized carbons (Fsp3) is 0.125. The highest BCUT2D eigenvalue weighted by Crippen LogP contribution is 2.09. The lowest BCUT2D eigenvalue weighted by molar-refractivity contribution is 0.0888. The molecule has 0 aliphatic carbocycles. The second-order valence-corrected chi connectivity index (χ2v) is 4.92. The summed E-state index contributed by atoms with van der Waals surface area (Å²) in [6.45, 7) is 0.685. The zero-order chi connectivity index (χ0) is 15.4. The van der Waals surface area contributed by atoms with Crippen molar-refractivity contribution >= 4 is 11.6 Å². The van der Waals surface area contributed by atoms with Gasteiger partial charge in [-0.05, 0) is 11.6 Å². The van der Waals surface area contributed by atoms with Gasteiger partial charge in [0.05, 0.1) is 6.42 Å². The van der Waals surface area contributed by atoms with Crippen molar-refractivity contribution in [1.82, 2.24) is 19.7 Å². The van der Waals surface area contributed by atoms with Gasteiger partial charge in [-0.3, -0.25) is 14.7 Å². The van der Waals surface area contributed by atoms with Gasteiger partial charge in [0.1, 0.15) is 6.33 Å². The smallest absolute Gasteiger partial charge is 0.207 e. The average molecular weight is 294 g/mol. The first-order valence-electron chi connectivity index (χ1n) is 6.84. The van der Waals surface area contributed by atoms with Crippen molar-refractivity contribution in [3.05, 3.63) is 72.1 Å². The van der Waals surface area contributed by atoms with Crippen LogP contribution in [-0.4, -0.2) is 31.3 Å². The van der Waals surface area contributed by atoms with E-state index in [-0.39, 0.29) is 23.8 Å². The van der Waals surface area contributed by atoms with Crippen LogP contribution < -0.4 is 0 Å². The molecule has 0 spiro atoms. The van der Waals surface area contributed by atoms with Gasteiger partial charge in [0, 0.05) is 24.5 Å². The molecule has 6 nitrogen and oxygen atoms in total. The number of carbonyl (C=O) groups is 2. The molecule has 1 aromatic carbocycles. The number of Topliss-reactive ketones (excluding diaryl/α,β-unsaturated/α-hetero) is 2. The van der Waals surface area contributed by atoms with E-state index in [4.69, 9.17) is 0 Å². The van der Waals surface area contributed by atoms with Crippen molar-refractivity contribution in [2.75, 3.05) is 0 Å². The molecule has 0 amide bonds. The minimum Gasteiger partial charge on any atom is -0.349 e. The number of aromatic amines is 1. The molecule has 3 aromatic rings. The van der Waals surface area contributed by atoms with Gasteiger partial charge >= 0.3 is 0 Å². The van der Waals surface area contributed by atoms with Crippen molar-refractivity contribution in [2.45, 2.75) is 13.0 Å². The SMILES string of the molecule is O=C(CC(=O)c1ncn[nH]1)c1ccn(Cc2ccccc2)c1. The Labute approximate surface area is 126 Å². The predicted octanol–water partition coefficient (Wildman–Crippen LogP) is 2.11. The summed E-state index contributed by atoms with van der Waals surface area (Å²) in [5.74, 6) is -0.483. The molecular weight excluding hydrogens is 280 g/mol. The molecule has 0 aliphatic heterocycles. The first-order chi connectivity index (χ1) is 10.7. The summed E-state index contributed by atoms with van der Waals surface area (Å²) < 4.78 is 1.92. The molecule has 0 atom stereocenters. The third-order valence-corrected chi connectivity index (χ3v) is 3.28. The first-order valence-corrected chi connectivity index (χ1v) is 6.84. The fourth-order valence-electron chi connectivity index (χ4n) is 2.17. The van der Waals surface area contributed by atoms with Crippen LogP contribution in [0.2, 0.25) is 0 Å². The van der Waals surface area contributed by atoms with Crippen LogP contribution in [0.5, 0.6) is 0 Å². The second kappa shape index (κ2) is 6.17. The Balaban J connectivity index is 1.65. The van der Waals surface area contributed by atoms with Crippen LogP contribution in [0.25, 0.3) is 0 Å². The molecule has 0 saturated carbocycles. The number of aromatic nitrogens is 4. The van der Waals surface area contributed by atoms with Crippen molar-refractivity contribution in [3.8, 4) is 0 Å². The van der Waals surface area contributed by atoms with Crippen molar-refractivity contribution in [2.24, 2.45) is 0 Å². The topological polar surface area (TPSA) is 80.6 Å². The molecule has 0 fully saturated rings. The van der Waals surface area contributed by atoms with Crippen molar-refractivity contribution < 1.29 is 9.59 Å². The minimum absolute atomic E-state index is 0.108. The maximum Gasteiger partial charge on any atom is 0.207 e. The van der Waals surface area contributed by atoms with Gasteiger partial charge in [0.15, 0.2) is 11.6 Å². The van der Waals surface area contributed by atoms with Crippen molar-refractivity contribution in [1.29, 1.82) is 0 Å². The van der Waals surface area contributed by atoms with Crippen LogP contribution in [0.15, 0.2) is 55.1 Å². The zero-order valence-electron chi connectivity index (χ0n) is 11.8. The second-order valence-electron chi connectivity index (χ2n) is 4.92. The molecule has 3 rings (SSSR count). The highest BCUT2D eigenvalue weighted by Gasteiger charge is 2.16. The molecule has 0 bridgehead atoms. The number of H-pyrrole nitrogens is 1. The van der Waals surface area contributed by atoms with Crippen LogP contribution in [-0.2, 0) is 6.54 Å². The van der Waals surface area contributed by atoms with E-state index in [1.54, 1.807) is 12.3 Å². The van der Waals surface area contributed by atoms with Gasteiger partial charge in [-0.25, -0.2) is 4.98 Å². The standard InChI is InChI=1S/C16H14N4O2/c21-14(8-15(22)16-17-11-18-19-16)13-6-7-20(10-13)9-12-4-2-1-3-5-12/h1-7,10-11H,8-9H2,(H,17,18,19). The maximum atomic E-state index is 12.1. The Hall–Kier alpha value is -3.02. The number of carbonyl (C=O) groups excluding carboxylic acids is 2. The lowest BCUT2D eigenvalue weighted by atomic mass is 10.1. The molecule has 22 heavy (non-hydrogen) atoms. The van der Waals surface area contributed by atoms with E-state index in [9.17, 15) is 9.59 Å². The number of hydrogen-bond acceptors (Lipinski definition) is 4. The van der Waals surface area contributed by atoms with Crippen molar-refractivity contribution in [3.63, 3.8) is 0 Å². The van der Waals surface area contributed by atoms with Crippen LogP contribution >= 0.6 is 0 Å². The van der Waals surface area contributed by atoms with Gasteiger partial charge in [-0.2, -0.15) is 5.10 Å². The van der Waals surface area contributed by atoms with Gasteiger partial charge in [0.2, 0.25) is 5.78 Å². The molecular formula is C16H14N4O2. The minimum atomic E-state index is -0.363. The summed E-state index contributed by atoms with van der Waals surface area (Å²) in [6, 6.07) is 11.7. The predicted molar refractivity (Wildman–Crippen MR) is 79.6 cm³/mol. The Morgan fingerprint density at radius 1 is 1.09 bits per heavy atom. The molecule has 0 saturated heterocycles. The van der Waals surface area contributed by atoms with Crippen LogP contribution in [0, 0.1) is 0 Å². The molecule has 0 aliphatic rings. The van der Waals surface area contributed by atoms with E-state index in [0.29, 0.717) is 12.1 Å². The van der Waals surface area contributed by atoms with E-state index in [1.165, 1.54) is 6.33 Å². The van der Waals surface area contributed by atoms with Crippen LogP contribution in [0.4, 0.5) is 0 Å². The summed E-state index contributed by atoms with van der Waals surface area (Å²) in [5.41, 5.74) is 1.67. The fourth-order valence-corrected chi connectivity index (χ4v) is 2.17. The van der Waals surface area contributed by atoms with Gasteiger partial charge < -0.3 is 4.57 Å². The van der Waals surface area contributed by atoms with E-state index in [1.807, 2.05) is 41.1 Å². The summed E-state index contributed by atoms with van der Waals surface area (Å²) in [4.78, 5) is 27.7. The lowest BCUT2D eigenvalue weighted by Crippen LogP contribution is -2.09. The average Bonchev–Trinajstić information content (AvgIpc) is 3.19. The Morgan fingerprint density at radius 3 is 2.64 bits per heavy atom. The number of benzene rings is 1. The van der Waals surface area contributed by atoms with Gasteiger partial charge in [-0.1, -0.05) is 30.3 Å². The molecule has 110 valence electrons. The molecule has 0 unspecified atom stereocenters. The van der Waals surface area contributed by atoms with E-state index in [2.05, 4.69) is 15.2 Å². The number of nitrogens with one attached hydrogen (secondary N) is 1. The number of rotatable bonds is 6. The van der Waals surface area contributed by atoms with E-state index in [0.717, 1.165) is 5.56 Å². The molecule has 0 radical (unpaired) electrons. The third kappa shape index (κ3) is 3.17. The summed E-state index contributed by atoms with van der Waals surface area (Å²) >= 11 is 0. The van der Waals surface area contributed by atoms with Gasteiger partial charge in [0.25, 0.3) is 0 Å². The summed E-state index contributed by atoms with van der Waals surface area (Å²) in [5, 5.41) is 6.07. The van der Waals surface area contributed by atoms with Crippen LogP contribution in [0.3, 0.4) is 0 Å². The highest BCUT2D eigenvalue weighted by atomic mass is 16.1. The van der Waals surface area contributed by atoms with Gasteiger partial charge in [-0.15, -0.1) is 0 Å². The number of ketones is 2. The third-order valence-electron chi connectivity index (χ3n) is 3.28. The number of hydrogen-bond donors (Lipinski definition) is 1. The summed E-state index contributed by atoms with van der Waals surface area (Å²) in [7, 11) is 0. The zero-order valence-corrected chi connectivity index (χ0v) is 11.8. The maximum absolute atomic E-state index is 12.1. The van der Waals surface area contributed by atoms with E-state index < -0.39 is 0 Å². The largest absolute Gasteiger partial charge is 0.349 e. The lowest BCUT2D eigenvalue weighted by Gasteiger charge is -2.02. The monoisotopic (exact) mass is 294 g/mol. The van der Waals surface area contributed by atoms with E-state index >= 15 is 0 Å². The summed E-state index contributed by atoms with van der Waals surface area (Å²) in [6.07, 6.45) is 4.61. The number of nitrogens with zero attached hydrogens (tertiary/aromatic N) is 3. The Kier molecular flexibility index (Phi) is 3.91. The molecule has 1 N–H and O–H groups in total. The van der Waals surface area contributed by atoms with Crippen LogP contribution in [0.1, 0.15) is 33.0 Å². The molecule has 6 heteroatoms.